The van der Waals surface area contributed by atoms with Crippen LogP contribution in [0.2, 0.25) is 5.28 Å². The number of aliphatic hydroxyl groups is 2. The maximum Gasteiger partial charge on any atom is 0.348 e. The van der Waals surface area contributed by atoms with Gasteiger partial charge in [-0.25, -0.2) is 19.4 Å². The molecule has 3 atom stereocenters. The Hall–Kier alpha value is -4.53. The number of imidazole rings is 1. The molecule has 2 aliphatic rings. The van der Waals surface area contributed by atoms with Gasteiger partial charge in [0.15, 0.2) is 28.8 Å². The number of carbonyl (C=O) groups excluding carboxylic acids is 1. The molecule has 0 radical (unpaired) electrons. The number of aliphatic hydroxyl groups excluding tert-OH is 1. The van der Waals surface area contributed by atoms with Gasteiger partial charge < -0.3 is 40.5 Å². The fourth-order valence-electron chi connectivity index (χ4n) is 5.27. The third kappa shape index (κ3) is 6.80. The smallest absolute Gasteiger partial charge is 0.348 e. The predicted octanol–water partition coefficient (Wildman–Crippen LogP) is 1.26. The van der Waals surface area contributed by atoms with Gasteiger partial charge in [-0.15, -0.1) is 6.42 Å². The van der Waals surface area contributed by atoms with Crippen LogP contribution in [0.15, 0.2) is 30.6 Å². The van der Waals surface area contributed by atoms with E-state index in [-0.39, 0.29) is 28.0 Å². The molecule has 1 aliphatic carbocycles. The normalized spacial score (nSPS) is 17.8. The zero-order valence-electron chi connectivity index (χ0n) is 25.3. The molecule has 250 valence electrons. The lowest BCUT2D eigenvalue weighted by Gasteiger charge is -2.36. The van der Waals surface area contributed by atoms with Crippen molar-refractivity contribution in [1.82, 2.24) is 24.8 Å². The summed E-state index contributed by atoms with van der Waals surface area (Å²) in [6.45, 7) is 0.788. The van der Waals surface area contributed by atoms with E-state index in [4.69, 9.17) is 27.5 Å². The van der Waals surface area contributed by atoms with Gasteiger partial charge in [0.25, 0.3) is 5.60 Å². The third-order valence-electron chi connectivity index (χ3n) is 8.27. The van der Waals surface area contributed by atoms with Crippen molar-refractivity contribution >= 4 is 52.2 Å². The number of anilines is 2. The number of nitrogens with one attached hydrogen (secondary N) is 2. The van der Waals surface area contributed by atoms with Gasteiger partial charge in [-0.1, -0.05) is 18.1 Å². The SMILES string of the molecule is C#C[C@@](O)([C@@H](COC(Cc1ccc(N2CCCNC2=O)cc1)(C(=O)O)C(=O)O)OC)[C@@H](O)n1cnc2c(NCC3CC3)nc(Cl)nc21. The van der Waals surface area contributed by atoms with Crippen LogP contribution < -0.4 is 15.5 Å². The van der Waals surface area contributed by atoms with Gasteiger partial charge in [0, 0.05) is 38.9 Å². The minimum atomic E-state index is -2.86. The first-order chi connectivity index (χ1) is 22.4. The summed E-state index contributed by atoms with van der Waals surface area (Å²) < 4.78 is 11.9. The number of methoxy groups -OCH3 is 1. The maximum atomic E-state index is 12.5. The van der Waals surface area contributed by atoms with Gasteiger partial charge in [-0.05, 0) is 54.5 Å². The van der Waals surface area contributed by atoms with Crippen LogP contribution >= 0.6 is 11.6 Å². The van der Waals surface area contributed by atoms with E-state index in [1.165, 1.54) is 17.0 Å². The second-order valence-corrected chi connectivity index (χ2v) is 11.7. The summed E-state index contributed by atoms with van der Waals surface area (Å²) >= 11 is 6.14. The Balaban J connectivity index is 1.37. The minimum absolute atomic E-state index is 0.0242. The third-order valence-corrected chi connectivity index (χ3v) is 8.44. The van der Waals surface area contributed by atoms with E-state index in [0.717, 1.165) is 37.3 Å². The highest BCUT2D eigenvalue weighted by atomic mass is 35.5. The molecule has 3 heterocycles. The number of halogens is 1. The number of aliphatic carboxylic acids is 2. The van der Waals surface area contributed by atoms with Gasteiger partial charge in [-0.3, -0.25) is 9.47 Å². The van der Waals surface area contributed by atoms with Crippen molar-refractivity contribution in [2.24, 2.45) is 5.92 Å². The van der Waals surface area contributed by atoms with Crippen molar-refractivity contribution in [2.45, 2.75) is 49.2 Å². The summed E-state index contributed by atoms with van der Waals surface area (Å²) in [7, 11) is 1.12. The molecule has 2 fully saturated rings. The number of nitrogens with zero attached hydrogens (tertiary/aromatic N) is 5. The lowest BCUT2D eigenvalue weighted by Crippen LogP contribution is -2.56. The molecule has 1 saturated carbocycles. The second-order valence-electron chi connectivity index (χ2n) is 11.4. The molecule has 16 nitrogen and oxygen atoms in total. The first-order valence-corrected chi connectivity index (χ1v) is 15.1. The molecule has 17 heteroatoms. The highest BCUT2D eigenvalue weighted by Crippen LogP contribution is 2.33. The number of hydrogen-bond acceptors (Lipinski definition) is 11. The van der Waals surface area contributed by atoms with Gasteiger partial charge in [0.05, 0.1) is 12.9 Å². The summed E-state index contributed by atoms with van der Waals surface area (Å²) in [5, 5.41) is 48.9. The van der Waals surface area contributed by atoms with Crippen LogP contribution in [0.1, 0.15) is 31.1 Å². The monoisotopic (exact) mass is 671 g/mol. The van der Waals surface area contributed by atoms with E-state index in [1.54, 1.807) is 12.1 Å². The first-order valence-electron chi connectivity index (χ1n) is 14.7. The Morgan fingerprint density at radius 2 is 1.94 bits per heavy atom. The largest absolute Gasteiger partial charge is 0.479 e. The molecule has 1 aliphatic heterocycles. The predicted molar refractivity (Wildman–Crippen MR) is 167 cm³/mol. The molecular weight excluding hydrogens is 638 g/mol. The quantitative estimate of drug-likeness (QED) is 0.0762. The molecule has 0 spiro atoms. The minimum Gasteiger partial charge on any atom is -0.479 e. The Labute approximate surface area is 273 Å². The summed E-state index contributed by atoms with van der Waals surface area (Å²) in [5.41, 5.74) is -4.41. The number of hydrogen-bond donors (Lipinski definition) is 6. The first kappa shape index (κ1) is 33.8. The Morgan fingerprint density at radius 3 is 2.53 bits per heavy atom. The van der Waals surface area contributed by atoms with Crippen LogP contribution in [0.3, 0.4) is 0 Å². The van der Waals surface area contributed by atoms with Crippen LogP contribution in [0.4, 0.5) is 16.3 Å². The summed E-state index contributed by atoms with van der Waals surface area (Å²) in [6.07, 6.45) is 5.43. The molecule has 2 aromatic heterocycles. The van der Waals surface area contributed by atoms with Crippen LogP contribution in [0.5, 0.6) is 0 Å². The zero-order chi connectivity index (χ0) is 33.9. The molecule has 5 rings (SSSR count). The molecule has 6 N–H and O–H groups in total. The van der Waals surface area contributed by atoms with E-state index >= 15 is 0 Å². The number of rotatable bonds is 15. The topological polar surface area (TPSA) is 221 Å². The summed E-state index contributed by atoms with van der Waals surface area (Å²) in [4.78, 5) is 51.2. The van der Waals surface area contributed by atoms with Crippen molar-refractivity contribution in [3.8, 4) is 12.3 Å². The zero-order valence-corrected chi connectivity index (χ0v) is 26.1. The molecule has 0 bridgehead atoms. The van der Waals surface area contributed by atoms with Gasteiger partial charge in [0.2, 0.25) is 5.28 Å². The second kappa shape index (κ2) is 13.7. The number of carbonyl (C=O) groups is 3. The number of benzene rings is 1. The fourth-order valence-corrected chi connectivity index (χ4v) is 5.43. The number of urea groups is 1. The summed E-state index contributed by atoms with van der Waals surface area (Å²) in [6, 6.07) is 5.83. The van der Waals surface area contributed by atoms with E-state index < -0.39 is 48.5 Å². The Kier molecular flexibility index (Phi) is 9.84. The van der Waals surface area contributed by atoms with Gasteiger partial charge >= 0.3 is 18.0 Å². The van der Waals surface area contributed by atoms with Crippen molar-refractivity contribution in [3.05, 3.63) is 41.4 Å². The highest BCUT2D eigenvalue weighted by Gasteiger charge is 2.52. The highest BCUT2D eigenvalue weighted by molar-refractivity contribution is 6.28. The van der Waals surface area contributed by atoms with Crippen LogP contribution in [-0.4, -0.2) is 109 Å². The van der Waals surface area contributed by atoms with E-state index in [0.29, 0.717) is 37.1 Å². The number of amides is 2. The molecule has 0 unspecified atom stereocenters. The Morgan fingerprint density at radius 1 is 1.23 bits per heavy atom. The summed E-state index contributed by atoms with van der Waals surface area (Å²) in [5.74, 6) is -0.784. The molecule has 3 aromatic rings. The van der Waals surface area contributed by atoms with Crippen molar-refractivity contribution < 1.29 is 44.3 Å². The van der Waals surface area contributed by atoms with Gasteiger partial charge in [-0.2, -0.15) is 9.97 Å². The van der Waals surface area contributed by atoms with Gasteiger partial charge in [0.1, 0.15) is 6.10 Å². The van der Waals surface area contributed by atoms with Crippen molar-refractivity contribution in [3.63, 3.8) is 0 Å². The van der Waals surface area contributed by atoms with Crippen molar-refractivity contribution in [1.29, 1.82) is 0 Å². The van der Waals surface area contributed by atoms with E-state index in [2.05, 4.69) is 31.5 Å². The van der Waals surface area contributed by atoms with Crippen molar-refractivity contribution in [2.75, 3.05) is 43.6 Å². The number of terminal acetylenes is 1. The maximum absolute atomic E-state index is 12.5. The average Bonchev–Trinajstić information content (AvgIpc) is 3.80. The standard InChI is InChI=1S/C30H34ClN7O9/c1-3-29(45,24(39)38-16-34-21-22(33-14-18-5-6-18)35-27(31)36-23(21)38)20(46-2)15-47-30(25(40)41,26(42)43)13-17-7-9-19(10-8-17)37-12-4-11-32-28(37)44/h1,7-10,16,18,20,24,39,45H,4-6,11-15H2,2H3,(H,32,44)(H,40,41)(H,42,43)(H,33,35,36)/t20-,24-,29-/m1/s1. The molecule has 1 aromatic carbocycles. The van der Waals surface area contributed by atoms with Crippen LogP contribution in [-0.2, 0) is 25.5 Å². The van der Waals surface area contributed by atoms with Crippen LogP contribution in [0.25, 0.3) is 11.2 Å². The molecule has 2 amide bonds. The average molecular weight is 672 g/mol. The lowest BCUT2D eigenvalue weighted by atomic mass is 9.92. The molecular formula is C30H34ClN7O9. The molecule has 1 saturated heterocycles. The van der Waals surface area contributed by atoms with E-state index in [9.17, 15) is 34.8 Å². The number of ether oxygens (including phenoxy) is 2. The number of carboxylic acid groups (broad SMARTS) is 2. The fraction of sp³-hybridized carbons (Fsp3) is 0.467. The number of fused-ring (bicyclic) bond motifs is 1. The number of carboxylic acids is 2. The lowest BCUT2D eigenvalue weighted by molar-refractivity contribution is -0.202. The van der Waals surface area contributed by atoms with E-state index in [1.807, 2.05) is 0 Å². The Bertz CT molecular complexity index is 1680. The molecule has 47 heavy (non-hydrogen) atoms. The van der Waals surface area contributed by atoms with Crippen LogP contribution in [0, 0.1) is 18.3 Å². The number of aromatic nitrogens is 4.